The molecule has 0 fully saturated rings. The number of ether oxygens (including phenoxy) is 1. The quantitative estimate of drug-likeness (QED) is 0.572. The van der Waals surface area contributed by atoms with E-state index in [1.54, 1.807) is 19.1 Å². The highest BCUT2D eigenvalue weighted by atomic mass is 35.5. The number of halogens is 2. The zero-order valence-electron chi connectivity index (χ0n) is 13.3. The van der Waals surface area contributed by atoms with E-state index in [4.69, 9.17) is 16.3 Å². The van der Waals surface area contributed by atoms with E-state index in [1.165, 1.54) is 7.11 Å². The minimum Gasteiger partial charge on any atom is -0.481 e. The number of hydrogen-bond donors (Lipinski definition) is 3. The molecule has 0 radical (unpaired) electrons. The topological polar surface area (TPSA) is 114 Å². The molecule has 0 saturated carbocycles. The summed E-state index contributed by atoms with van der Waals surface area (Å²) >= 11 is 6.03. The van der Waals surface area contributed by atoms with Crippen LogP contribution in [-0.2, 0) is 0 Å². The summed E-state index contributed by atoms with van der Waals surface area (Å²) in [7, 11) is 1.53. The summed E-state index contributed by atoms with van der Waals surface area (Å²) in [6, 6.07) is 2.86. The van der Waals surface area contributed by atoms with Gasteiger partial charge in [0.05, 0.1) is 25.5 Å². The molecule has 3 heterocycles. The van der Waals surface area contributed by atoms with Gasteiger partial charge in [-0.05, 0) is 6.92 Å². The number of nitrogens with one attached hydrogen (secondary N) is 3. The molecular formula is C14H14ClFN8O. The van der Waals surface area contributed by atoms with Crippen molar-refractivity contribution in [3.8, 4) is 5.88 Å². The average molecular weight is 365 g/mol. The Labute approximate surface area is 147 Å². The number of methoxy groups -OCH3 is 1. The molecule has 0 spiro atoms. The third-order valence-corrected chi connectivity index (χ3v) is 3.29. The Kier molecular flexibility index (Phi) is 4.89. The highest BCUT2D eigenvalue weighted by Gasteiger charge is 2.12. The molecule has 0 saturated heterocycles. The predicted molar refractivity (Wildman–Crippen MR) is 89.5 cm³/mol. The molecule has 0 bridgehead atoms. The molecule has 3 aromatic heterocycles. The second kappa shape index (κ2) is 7.26. The average Bonchev–Trinajstić information content (AvgIpc) is 3.02. The summed E-state index contributed by atoms with van der Waals surface area (Å²) < 4.78 is 17.9. The van der Waals surface area contributed by atoms with E-state index >= 15 is 0 Å². The molecule has 0 unspecified atom stereocenters. The van der Waals surface area contributed by atoms with Gasteiger partial charge in [0.2, 0.25) is 11.8 Å². The second-order valence-electron chi connectivity index (χ2n) is 4.97. The van der Waals surface area contributed by atoms with Crippen molar-refractivity contribution in [2.75, 3.05) is 17.7 Å². The SMILES string of the molecule is COc1cc(Nc2cc(Cl)nc(N[C@@H](C)c3ncc(F)cn3)n2)n[nH]1. The summed E-state index contributed by atoms with van der Waals surface area (Å²) in [4.78, 5) is 16.2. The lowest BCUT2D eigenvalue weighted by molar-refractivity contribution is 0.397. The van der Waals surface area contributed by atoms with E-state index in [0.29, 0.717) is 23.3 Å². The van der Waals surface area contributed by atoms with Gasteiger partial charge in [-0.25, -0.2) is 24.4 Å². The predicted octanol–water partition coefficient (Wildman–Crippen LogP) is 2.71. The number of aromatic amines is 1. The molecule has 130 valence electrons. The van der Waals surface area contributed by atoms with Gasteiger partial charge in [0, 0.05) is 12.1 Å². The summed E-state index contributed by atoms with van der Waals surface area (Å²) in [5, 5.41) is 12.9. The van der Waals surface area contributed by atoms with Crippen LogP contribution in [0, 0.1) is 5.82 Å². The van der Waals surface area contributed by atoms with Gasteiger partial charge in [-0.15, -0.1) is 0 Å². The third-order valence-electron chi connectivity index (χ3n) is 3.10. The Balaban J connectivity index is 1.75. The van der Waals surface area contributed by atoms with Gasteiger partial charge in [0.25, 0.3) is 0 Å². The lowest BCUT2D eigenvalue weighted by Gasteiger charge is -2.13. The molecule has 1 atom stereocenters. The van der Waals surface area contributed by atoms with E-state index in [1.807, 2.05) is 0 Å². The fourth-order valence-electron chi connectivity index (χ4n) is 1.95. The van der Waals surface area contributed by atoms with E-state index in [-0.39, 0.29) is 17.1 Å². The van der Waals surface area contributed by atoms with Gasteiger partial charge in [-0.1, -0.05) is 11.6 Å². The molecule has 0 aliphatic rings. The van der Waals surface area contributed by atoms with Crippen LogP contribution >= 0.6 is 11.6 Å². The van der Waals surface area contributed by atoms with E-state index in [2.05, 4.69) is 40.8 Å². The van der Waals surface area contributed by atoms with Crippen molar-refractivity contribution in [1.82, 2.24) is 30.1 Å². The van der Waals surface area contributed by atoms with Crippen LogP contribution in [-0.4, -0.2) is 37.2 Å². The first kappa shape index (κ1) is 16.8. The van der Waals surface area contributed by atoms with Crippen LogP contribution in [0.5, 0.6) is 5.88 Å². The molecule has 9 nitrogen and oxygen atoms in total. The Morgan fingerprint density at radius 1 is 1.20 bits per heavy atom. The molecule has 0 aliphatic heterocycles. The monoisotopic (exact) mass is 364 g/mol. The normalized spacial score (nSPS) is 11.8. The summed E-state index contributed by atoms with van der Waals surface area (Å²) in [5.41, 5.74) is 0. The van der Waals surface area contributed by atoms with Gasteiger partial charge >= 0.3 is 0 Å². The standard InChI is InChI=1S/C14H14ClFN8O/c1-7(13-17-5-8(16)6-18-13)19-14-20-9(15)3-10(22-14)21-11-4-12(25-2)24-23-11/h3-7H,1-2H3,(H3,19,20,21,22,23,24)/t7-/m0/s1. The van der Waals surface area contributed by atoms with Crippen LogP contribution in [0.2, 0.25) is 5.15 Å². The summed E-state index contributed by atoms with van der Waals surface area (Å²) in [6.07, 6.45) is 2.19. The van der Waals surface area contributed by atoms with Crippen molar-refractivity contribution in [1.29, 1.82) is 0 Å². The summed E-state index contributed by atoms with van der Waals surface area (Å²) in [5.74, 6) is 1.60. The number of H-pyrrole nitrogens is 1. The maximum atomic E-state index is 12.9. The molecule has 0 aromatic carbocycles. The van der Waals surface area contributed by atoms with E-state index in [9.17, 15) is 4.39 Å². The fourth-order valence-corrected chi connectivity index (χ4v) is 2.14. The van der Waals surface area contributed by atoms with Gasteiger partial charge < -0.3 is 15.4 Å². The first-order valence-corrected chi connectivity index (χ1v) is 7.56. The van der Waals surface area contributed by atoms with Crippen LogP contribution < -0.4 is 15.4 Å². The van der Waals surface area contributed by atoms with Gasteiger partial charge in [0.15, 0.2) is 11.6 Å². The number of anilines is 3. The second-order valence-corrected chi connectivity index (χ2v) is 5.36. The molecule has 3 aromatic rings. The maximum absolute atomic E-state index is 12.9. The van der Waals surface area contributed by atoms with Crippen LogP contribution in [0.25, 0.3) is 0 Å². The minimum absolute atomic E-state index is 0.231. The van der Waals surface area contributed by atoms with Gasteiger partial charge in [0.1, 0.15) is 16.8 Å². The van der Waals surface area contributed by atoms with Crippen LogP contribution in [0.4, 0.5) is 22.0 Å². The lowest BCUT2D eigenvalue weighted by Crippen LogP contribution is -2.13. The molecule has 3 N–H and O–H groups in total. The van der Waals surface area contributed by atoms with E-state index in [0.717, 1.165) is 12.4 Å². The lowest BCUT2D eigenvalue weighted by atomic mass is 10.3. The number of nitrogens with zero attached hydrogens (tertiary/aromatic N) is 5. The molecular weight excluding hydrogens is 351 g/mol. The number of hydrogen-bond acceptors (Lipinski definition) is 8. The van der Waals surface area contributed by atoms with Crippen molar-refractivity contribution in [3.05, 3.63) is 41.3 Å². The maximum Gasteiger partial charge on any atom is 0.226 e. The van der Waals surface area contributed by atoms with Crippen molar-refractivity contribution < 1.29 is 9.13 Å². The molecule has 11 heteroatoms. The molecule has 25 heavy (non-hydrogen) atoms. The van der Waals surface area contributed by atoms with Crippen LogP contribution in [0.15, 0.2) is 24.5 Å². The smallest absolute Gasteiger partial charge is 0.226 e. The molecule has 0 amide bonds. The van der Waals surface area contributed by atoms with Crippen molar-refractivity contribution >= 4 is 29.2 Å². The van der Waals surface area contributed by atoms with Crippen molar-refractivity contribution in [2.45, 2.75) is 13.0 Å². The highest BCUT2D eigenvalue weighted by molar-refractivity contribution is 6.29. The zero-order valence-corrected chi connectivity index (χ0v) is 14.0. The Morgan fingerprint density at radius 2 is 1.96 bits per heavy atom. The first-order chi connectivity index (χ1) is 12.0. The number of aromatic nitrogens is 6. The first-order valence-electron chi connectivity index (χ1n) is 7.18. The summed E-state index contributed by atoms with van der Waals surface area (Å²) in [6.45, 7) is 1.79. The highest BCUT2D eigenvalue weighted by Crippen LogP contribution is 2.21. The van der Waals surface area contributed by atoms with Gasteiger partial charge in [-0.2, -0.15) is 10.1 Å². The fraction of sp³-hybridized carbons (Fsp3) is 0.214. The van der Waals surface area contributed by atoms with Crippen LogP contribution in [0.1, 0.15) is 18.8 Å². The Hall–Kier alpha value is -3.01. The van der Waals surface area contributed by atoms with Gasteiger partial charge in [-0.3, -0.25) is 0 Å². The third kappa shape index (κ3) is 4.29. The zero-order chi connectivity index (χ0) is 17.8. The Morgan fingerprint density at radius 3 is 2.64 bits per heavy atom. The Bertz CT molecular complexity index is 856. The van der Waals surface area contributed by atoms with E-state index < -0.39 is 5.82 Å². The van der Waals surface area contributed by atoms with Crippen molar-refractivity contribution in [3.63, 3.8) is 0 Å². The van der Waals surface area contributed by atoms with Crippen LogP contribution in [0.3, 0.4) is 0 Å². The molecule has 0 aliphatic carbocycles. The molecule has 3 rings (SSSR count). The largest absolute Gasteiger partial charge is 0.481 e. The van der Waals surface area contributed by atoms with Crippen molar-refractivity contribution in [2.24, 2.45) is 0 Å². The minimum atomic E-state index is -0.504. The number of rotatable bonds is 6.